The number of pyridine rings is 1. The fourth-order valence-electron chi connectivity index (χ4n) is 4.47. The molecule has 1 aromatic heterocycles. The molecule has 0 bridgehead atoms. The molecule has 2 aliphatic heterocycles. The average molecular weight is 397 g/mol. The number of rotatable bonds is 5. The lowest BCUT2D eigenvalue weighted by atomic mass is 9.78. The van der Waals surface area contributed by atoms with Crippen LogP contribution in [0.25, 0.3) is 11.3 Å². The van der Waals surface area contributed by atoms with Crippen LogP contribution >= 0.6 is 0 Å². The zero-order valence-electron chi connectivity index (χ0n) is 17.3. The van der Waals surface area contributed by atoms with Crippen LogP contribution in [0.3, 0.4) is 0 Å². The summed E-state index contributed by atoms with van der Waals surface area (Å²) >= 11 is 0. The summed E-state index contributed by atoms with van der Waals surface area (Å²) in [5.74, 6) is -0.373. The standard InChI is InChI=1S/C23H27NO5/c1-5-6-7-28-19-9-15-14(8-13(19)2)17-10-18(25)16(22(26)27)11-24(17)21-20(15)29-12-23(21,3)4/h8-11,20-21H,5-7,12H2,1-4H3,(H,26,27)/t20-,21+/m1/s1. The van der Waals surface area contributed by atoms with Crippen LogP contribution in [0, 0.1) is 12.3 Å². The molecular weight excluding hydrogens is 370 g/mol. The number of aromatic carboxylic acids is 1. The number of ether oxygens (including phenoxy) is 2. The van der Waals surface area contributed by atoms with Crippen molar-refractivity contribution < 1.29 is 19.4 Å². The molecule has 154 valence electrons. The summed E-state index contributed by atoms with van der Waals surface area (Å²) in [5, 5.41) is 9.46. The van der Waals surface area contributed by atoms with Crippen molar-refractivity contribution in [1.82, 2.24) is 4.57 Å². The van der Waals surface area contributed by atoms with E-state index in [4.69, 9.17) is 9.47 Å². The zero-order valence-corrected chi connectivity index (χ0v) is 17.3. The Balaban J connectivity index is 1.92. The van der Waals surface area contributed by atoms with Gasteiger partial charge in [-0.15, -0.1) is 0 Å². The second-order valence-electron chi connectivity index (χ2n) is 8.72. The molecule has 1 fully saturated rings. The van der Waals surface area contributed by atoms with Crippen molar-refractivity contribution in [2.24, 2.45) is 5.41 Å². The monoisotopic (exact) mass is 397 g/mol. The topological polar surface area (TPSA) is 77.8 Å². The number of nitrogens with zero attached hydrogens (tertiary/aromatic N) is 1. The molecule has 2 aliphatic rings. The number of aryl methyl sites for hydroxylation is 1. The first kappa shape index (κ1) is 19.7. The minimum absolute atomic E-state index is 0.102. The van der Waals surface area contributed by atoms with Crippen LogP contribution < -0.4 is 10.2 Å². The second kappa shape index (κ2) is 7.02. The van der Waals surface area contributed by atoms with Gasteiger partial charge in [0.15, 0.2) is 5.43 Å². The van der Waals surface area contributed by atoms with E-state index in [0.29, 0.717) is 13.2 Å². The van der Waals surface area contributed by atoms with Gasteiger partial charge in [0.2, 0.25) is 0 Å². The van der Waals surface area contributed by atoms with Gasteiger partial charge >= 0.3 is 5.97 Å². The van der Waals surface area contributed by atoms with Gasteiger partial charge < -0.3 is 19.1 Å². The highest BCUT2D eigenvalue weighted by Gasteiger charge is 2.49. The van der Waals surface area contributed by atoms with Crippen molar-refractivity contribution >= 4 is 5.97 Å². The van der Waals surface area contributed by atoms with Gasteiger partial charge in [-0.1, -0.05) is 27.2 Å². The summed E-state index contributed by atoms with van der Waals surface area (Å²) in [4.78, 5) is 24.0. The number of aromatic nitrogens is 1. The van der Waals surface area contributed by atoms with Gasteiger partial charge in [0.1, 0.15) is 17.4 Å². The van der Waals surface area contributed by atoms with Crippen LogP contribution in [0.5, 0.6) is 5.75 Å². The molecule has 0 amide bonds. The van der Waals surface area contributed by atoms with Crippen LogP contribution in [-0.4, -0.2) is 28.9 Å². The molecule has 29 heavy (non-hydrogen) atoms. The molecule has 1 N–H and O–H groups in total. The van der Waals surface area contributed by atoms with Crippen LogP contribution in [0.1, 0.15) is 67.2 Å². The van der Waals surface area contributed by atoms with E-state index in [1.807, 2.05) is 23.6 Å². The minimum Gasteiger partial charge on any atom is -0.493 e. The van der Waals surface area contributed by atoms with Gasteiger partial charge in [0, 0.05) is 23.2 Å². The van der Waals surface area contributed by atoms with E-state index in [-0.39, 0.29) is 23.1 Å². The Morgan fingerprint density at radius 3 is 2.79 bits per heavy atom. The van der Waals surface area contributed by atoms with Gasteiger partial charge in [-0.2, -0.15) is 0 Å². The molecule has 0 spiro atoms. The van der Waals surface area contributed by atoms with E-state index in [1.54, 1.807) is 0 Å². The van der Waals surface area contributed by atoms with E-state index < -0.39 is 11.4 Å². The number of carbonyl (C=O) groups is 1. The maximum Gasteiger partial charge on any atom is 0.341 e. The maximum atomic E-state index is 12.5. The van der Waals surface area contributed by atoms with Crippen molar-refractivity contribution in [3.63, 3.8) is 0 Å². The Labute approximate surface area is 170 Å². The first-order chi connectivity index (χ1) is 13.7. The smallest absolute Gasteiger partial charge is 0.341 e. The minimum atomic E-state index is -1.21. The first-order valence-corrected chi connectivity index (χ1v) is 10.1. The van der Waals surface area contributed by atoms with Crippen LogP contribution in [0.4, 0.5) is 0 Å². The lowest BCUT2D eigenvalue weighted by molar-refractivity contribution is 0.0692. The number of carboxylic acids is 1. The Morgan fingerprint density at radius 1 is 1.34 bits per heavy atom. The molecule has 0 saturated carbocycles. The number of unbranched alkanes of at least 4 members (excludes halogenated alkanes) is 1. The third-order valence-electron chi connectivity index (χ3n) is 6.02. The molecule has 6 nitrogen and oxygen atoms in total. The van der Waals surface area contributed by atoms with Gasteiger partial charge in [0.05, 0.1) is 24.9 Å². The Bertz CT molecular complexity index is 1040. The number of hydrogen-bond donors (Lipinski definition) is 1. The van der Waals surface area contributed by atoms with Crippen molar-refractivity contribution in [3.05, 3.63) is 51.3 Å². The molecule has 0 radical (unpaired) electrons. The molecule has 0 unspecified atom stereocenters. The van der Waals surface area contributed by atoms with Crippen LogP contribution in [-0.2, 0) is 4.74 Å². The first-order valence-electron chi connectivity index (χ1n) is 10.1. The Morgan fingerprint density at radius 2 is 2.10 bits per heavy atom. The highest BCUT2D eigenvalue weighted by molar-refractivity contribution is 5.88. The molecule has 3 heterocycles. The van der Waals surface area contributed by atoms with Crippen molar-refractivity contribution in [2.75, 3.05) is 13.2 Å². The van der Waals surface area contributed by atoms with Gasteiger partial charge in [-0.3, -0.25) is 4.79 Å². The van der Waals surface area contributed by atoms with Gasteiger partial charge in [-0.25, -0.2) is 4.79 Å². The van der Waals surface area contributed by atoms with E-state index in [0.717, 1.165) is 41.0 Å². The lowest BCUT2D eigenvalue weighted by Crippen LogP contribution is -2.33. The van der Waals surface area contributed by atoms with Gasteiger partial charge in [-0.05, 0) is 36.6 Å². The number of hydrogen-bond acceptors (Lipinski definition) is 4. The zero-order chi connectivity index (χ0) is 20.9. The molecule has 4 rings (SSSR count). The fourth-order valence-corrected chi connectivity index (χ4v) is 4.47. The number of benzene rings is 1. The molecule has 2 aromatic rings. The summed E-state index contributed by atoms with van der Waals surface area (Å²) < 4.78 is 14.1. The van der Waals surface area contributed by atoms with E-state index in [9.17, 15) is 14.7 Å². The Kier molecular flexibility index (Phi) is 4.77. The van der Waals surface area contributed by atoms with E-state index in [2.05, 4.69) is 20.8 Å². The highest BCUT2D eigenvalue weighted by Crippen LogP contribution is 2.55. The fraction of sp³-hybridized carbons (Fsp3) is 0.478. The average Bonchev–Trinajstić information content (AvgIpc) is 2.98. The summed E-state index contributed by atoms with van der Waals surface area (Å²) in [5.41, 5.74) is 2.71. The highest BCUT2D eigenvalue weighted by atomic mass is 16.5. The number of carboxylic acid groups (broad SMARTS) is 1. The number of fused-ring (bicyclic) bond motifs is 6. The molecule has 1 aromatic carbocycles. The van der Waals surface area contributed by atoms with Crippen LogP contribution in [0.2, 0.25) is 0 Å². The summed E-state index contributed by atoms with van der Waals surface area (Å²) in [7, 11) is 0. The molecule has 0 aliphatic carbocycles. The third kappa shape index (κ3) is 3.15. The predicted molar refractivity (Wildman–Crippen MR) is 110 cm³/mol. The normalized spacial score (nSPS) is 21.2. The summed E-state index contributed by atoms with van der Waals surface area (Å²) in [6, 6.07) is 5.41. The third-order valence-corrected chi connectivity index (χ3v) is 6.02. The van der Waals surface area contributed by atoms with Crippen molar-refractivity contribution in [1.29, 1.82) is 0 Å². The lowest BCUT2D eigenvalue weighted by Gasteiger charge is -2.38. The van der Waals surface area contributed by atoms with E-state index in [1.165, 1.54) is 12.3 Å². The quantitative estimate of drug-likeness (QED) is 0.759. The SMILES string of the molecule is CCCCOc1cc2c(cc1C)-c1cc(=O)c(C(=O)O)cn1[C@H]1[C@@H]2OCC1(C)C. The van der Waals surface area contributed by atoms with Gasteiger partial charge in [0.25, 0.3) is 0 Å². The molecule has 1 saturated heterocycles. The second-order valence-corrected chi connectivity index (χ2v) is 8.72. The maximum absolute atomic E-state index is 12.5. The van der Waals surface area contributed by atoms with Crippen molar-refractivity contribution in [3.8, 4) is 17.0 Å². The van der Waals surface area contributed by atoms with Crippen LogP contribution in [0.15, 0.2) is 29.2 Å². The van der Waals surface area contributed by atoms with E-state index >= 15 is 0 Å². The summed E-state index contributed by atoms with van der Waals surface area (Å²) in [6.07, 6.45) is 3.32. The predicted octanol–water partition coefficient (Wildman–Crippen LogP) is 4.35. The Hall–Kier alpha value is -2.60. The molecular formula is C23H27NO5. The summed E-state index contributed by atoms with van der Waals surface area (Å²) in [6.45, 7) is 9.54. The molecule has 2 atom stereocenters. The largest absolute Gasteiger partial charge is 0.493 e. The van der Waals surface area contributed by atoms with Crippen molar-refractivity contribution in [2.45, 2.75) is 52.7 Å². The molecule has 6 heteroatoms.